The lowest BCUT2D eigenvalue weighted by Crippen LogP contribution is -2.07. The molecule has 0 aromatic heterocycles. The van der Waals surface area contributed by atoms with E-state index in [1.54, 1.807) is 0 Å². The normalized spacial score (nSPS) is 28.2. The molecule has 1 heteroatoms. The first kappa shape index (κ1) is 11.0. The van der Waals surface area contributed by atoms with Crippen LogP contribution in [0.3, 0.4) is 0 Å². The van der Waals surface area contributed by atoms with Gasteiger partial charge in [-0.3, -0.25) is 0 Å². The average Bonchev–Trinajstić information content (AvgIpc) is 2.60. The maximum atomic E-state index is 5.65. The van der Waals surface area contributed by atoms with Crippen LogP contribution in [0.15, 0.2) is 0 Å². The number of unbranched alkanes of at least 4 members (excludes halogenated alkanes) is 1. The Morgan fingerprint density at radius 2 is 1.92 bits per heavy atom. The zero-order valence-corrected chi connectivity index (χ0v) is 9.22. The van der Waals surface area contributed by atoms with Crippen molar-refractivity contribution in [1.29, 1.82) is 0 Å². The van der Waals surface area contributed by atoms with Crippen molar-refractivity contribution in [2.45, 2.75) is 52.4 Å². The highest BCUT2D eigenvalue weighted by atomic mass is 16.5. The maximum absolute atomic E-state index is 5.65. The van der Waals surface area contributed by atoms with Crippen molar-refractivity contribution in [2.24, 2.45) is 11.8 Å². The van der Waals surface area contributed by atoms with E-state index in [1.165, 1.54) is 38.5 Å². The van der Waals surface area contributed by atoms with Crippen molar-refractivity contribution >= 4 is 0 Å². The first-order valence-corrected chi connectivity index (χ1v) is 5.94. The Kier molecular flexibility index (Phi) is 5.45. The Morgan fingerprint density at radius 1 is 1.15 bits per heavy atom. The molecule has 1 nitrogen and oxygen atoms in total. The van der Waals surface area contributed by atoms with Gasteiger partial charge in [0.1, 0.15) is 0 Å². The van der Waals surface area contributed by atoms with Gasteiger partial charge in [-0.05, 0) is 31.1 Å². The number of hydrogen-bond donors (Lipinski definition) is 0. The highest BCUT2D eigenvalue weighted by Crippen LogP contribution is 2.32. The fraction of sp³-hybridized carbons (Fsp3) is 1.00. The number of rotatable bonds is 6. The van der Waals surface area contributed by atoms with E-state index in [1.807, 2.05) is 0 Å². The van der Waals surface area contributed by atoms with Crippen molar-refractivity contribution in [3.8, 4) is 0 Å². The van der Waals surface area contributed by atoms with Gasteiger partial charge in [0, 0.05) is 13.2 Å². The van der Waals surface area contributed by atoms with Crippen molar-refractivity contribution in [2.75, 3.05) is 13.2 Å². The summed E-state index contributed by atoms with van der Waals surface area (Å²) in [4.78, 5) is 0. The molecular formula is C12H24O. The monoisotopic (exact) mass is 184 g/mol. The van der Waals surface area contributed by atoms with Crippen LogP contribution in [-0.2, 0) is 4.74 Å². The summed E-state index contributed by atoms with van der Waals surface area (Å²) in [6, 6.07) is 0. The molecule has 13 heavy (non-hydrogen) atoms. The first-order chi connectivity index (χ1) is 6.36. The van der Waals surface area contributed by atoms with E-state index in [9.17, 15) is 0 Å². The molecule has 1 aliphatic rings. The summed E-state index contributed by atoms with van der Waals surface area (Å²) in [5.41, 5.74) is 0. The molecule has 1 rings (SSSR count). The standard InChI is InChI=1S/C12H24O/c1-3-5-8-13-10-12-7-6-11(4-2)9-12/h11-12H,3-10H2,1-2H3. The summed E-state index contributed by atoms with van der Waals surface area (Å²) in [7, 11) is 0. The van der Waals surface area contributed by atoms with Crippen molar-refractivity contribution < 1.29 is 4.74 Å². The highest BCUT2D eigenvalue weighted by molar-refractivity contribution is 4.74. The molecule has 0 saturated heterocycles. The van der Waals surface area contributed by atoms with E-state index in [0.29, 0.717) is 0 Å². The highest BCUT2D eigenvalue weighted by Gasteiger charge is 2.22. The molecule has 0 amide bonds. The third kappa shape index (κ3) is 4.12. The lowest BCUT2D eigenvalue weighted by atomic mass is 10.0. The van der Waals surface area contributed by atoms with Gasteiger partial charge in [0.25, 0.3) is 0 Å². The number of ether oxygens (including phenoxy) is 1. The van der Waals surface area contributed by atoms with Crippen LogP contribution >= 0.6 is 0 Å². The van der Waals surface area contributed by atoms with Crippen molar-refractivity contribution in [1.82, 2.24) is 0 Å². The second kappa shape index (κ2) is 6.42. The first-order valence-electron chi connectivity index (χ1n) is 5.94. The van der Waals surface area contributed by atoms with Gasteiger partial charge in [-0.1, -0.05) is 33.1 Å². The fourth-order valence-corrected chi connectivity index (χ4v) is 2.20. The molecule has 78 valence electrons. The molecular weight excluding hydrogens is 160 g/mol. The van der Waals surface area contributed by atoms with Gasteiger partial charge in [0.2, 0.25) is 0 Å². The van der Waals surface area contributed by atoms with Crippen LogP contribution in [0, 0.1) is 11.8 Å². The van der Waals surface area contributed by atoms with Crippen LogP contribution in [-0.4, -0.2) is 13.2 Å². The zero-order valence-electron chi connectivity index (χ0n) is 9.22. The van der Waals surface area contributed by atoms with E-state index in [0.717, 1.165) is 25.0 Å². The van der Waals surface area contributed by atoms with Gasteiger partial charge in [-0.25, -0.2) is 0 Å². The van der Waals surface area contributed by atoms with E-state index in [4.69, 9.17) is 4.74 Å². The van der Waals surface area contributed by atoms with E-state index in [2.05, 4.69) is 13.8 Å². The molecule has 0 bridgehead atoms. The fourth-order valence-electron chi connectivity index (χ4n) is 2.20. The van der Waals surface area contributed by atoms with Crippen LogP contribution < -0.4 is 0 Å². The van der Waals surface area contributed by atoms with Crippen molar-refractivity contribution in [3.05, 3.63) is 0 Å². The molecule has 0 aromatic rings. The SMILES string of the molecule is CCCCOCC1CCC(CC)C1. The van der Waals surface area contributed by atoms with E-state index >= 15 is 0 Å². The summed E-state index contributed by atoms with van der Waals surface area (Å²) in [6.45, 7) is 6.53. The van der Waals surface area contributed by atoms with Gasteiger partial charge in [-0.15, -0.1) is 0 Å². The summed E-state index contributed by atoms with van der Waals surface area (Å²) in [6.07, 6.45) is 8.11. The molecule has 0 aromatic carbocycles. The van der Waals surface area contributed by atoms with Crippen LogP contribution in [0.5, 0.6) is 0 Å². The number of hydrogen-bond acceptors (Lipinski definition) is 1. The van der Waals surface area contributed by atoms with Gasteiger partial charge in [0.15, 0.2) is 0 Å². The summed E-state index contributed by atoms with van der Waals surface area (Å²) >= 11 is 0. The van der Waals surface area contributed by atoms with E-state index < -0.39 is 0 Å². The minimum atomic E-state index is 0.877. The molecule has 0 aliphatic heterocycles. The summed E-state index contributed by atoms with van der Waals surface area (Å²) in [5.74, 6) is 1.88. The van der Waals surface area contributed by atoms with Crippen LogP contribution in [0.25, 0.3) is 0 Å². The van der Waals surface area contributed by atoms with Crippen molar-refractivity contribution in [3.63, 3.8) is 0 Å². The molecule has 1 fully saturated rings. The third-order valence-electron chi connectivity index (χ3n) is 3.22. The van der Waals surface area contributed by atoms with Gasteiger partial charge in [0.05, 0.1) is 0 Å². The Bertz CT molecular complexity index is 122. The topological polar surface area (TPSA) is 9.23 Å². The molecule has 1 aliphatic carbocycles. The Morgan fingerprint density at radius 3 is 2.54 bits per heavy atom. The van der Waals surface area contributed by atoms with Gasteiger partial charge < -0.3 is 4.74 Å². The van der Waals surface area contributed by atoms with Crippen LogP contribution in [0.4, 0.5) is 0 Å². The van der Waals surface area contributed by atoms with Crippen LogP contribution in [0.1, 0.15) is 52.4 Å². The van der Waals surface area contributed by atoms with Gasteiger partial charge >= 0.3 is 0 Å². The Labute approximate surface area is 82.9 Å². The Balaban J connectivity index is 1.97. The van der Waals surface area contributed by atoms with Gasteiger partial charge in [-0.2, -0.15) is 0 Å². The minimum absolute atomic E-state index is 0.877. The van der Waals surface area contributed by atoms with E-state index in [-0.39, 0.29) is 0 Å². The molecule has 2 atom stereocenters. The third-order valence-corrected chi connectivity index (χ3v) is 3.22. The largest absolute Gasteiger partial charge is 0.381 e. The minimum Gasteiger partial charge on any atom is -0.381 e. The molecule has 0 spiro atoms. The molecule has 0 radical (unpaired) electrons. The average molecular weight is 184 g/mol. The van der Waals surface area contributed by atoms with Crippen LogP contribution in [0.2, 0.25) is 0 Å². The summed E-state index contributed by atoms with van der Waals surface area (Å²) in [5, 5.41) is 0. The molecule has 2 unspecified atom stereocenters. The maximum Gasteiger partial charge on any atom is 0.0494 e. The molecule has 1 saturated carbocycles. The predicted octanol–water partition coefficient (Wildman–Crippen LogP) is 3.63. The lowest BCUT2D eigenvalue weighted by Gasteiger charge is -2.10. The zero-order chi connectivity index (χ0) is 9.52. The molecule has 0 heterocycles. The quantitative estimate of drug-likeness (QED) is 0.573. The Hall–Kier alpha value is -0.0400. The molecule has 0 N–H and O–H groups in total. The second-order valence-electron chi connectivity index (χ2n) is 4.38. The smallest absolute Gasteiger partial charge is 0.0494 e. The lowest BCUT2D eigenvalue weighted by molar-refractivity contribution is 0.0975. The second-order valence-corrected chi connectivity index (χ2v) is 4.38. The summed E-state index contributed by atoms with van der Waals surface area (Å²) < 4.78 is 5.65. The predicted molar refractivity (Wildman–Crippen MR) is 56.8 cm³/mol.